The Labute approximate surface area is 89.5 Å². The molecule has 76 valence electrons. The van der Waals surface area contributed by atoms with Gasteiger partial charge in [-0.2, -0.15) is 5.10 Å². The molecule has 0 bridgehead atoms. The molecule has 0 saturated carbocycles. The summed E-state index contributed by atoms with van der Waals surface area (Å²) in [4.78, 5) is 10.9. The fraction of sp³-hybridized carbons (Fsp3) is 0. The molecule has 0 radical (unpaired) electrons. The summed E-state index contributed by atoms with van der Waals surface area (Å²) >= 11 is 5.61. The standard InChI is InChI=1S/C10H6ClFN2O/c11-7-5-9(13-14-10(7)15)6-3-1-2-4-8(6)12/h1-5H,(H,14,15). The highest BCUT2D eigenvalue weighted by molar-refractivity contribution is 6.30. The molecule has 1 aromatic heterocycles. The summed E-state index contributed by atoms with van der Waals surface area (Å²) in [7, 11) is 0. The van der Waals surface area contributed by atoms with Crippen LogP contribution in [0.25, 0.3) is 11.3 Å². The van der Waals surface area contributed by atoms with Crippen LogP contribution >= 0.6 is 11.6 Å². The van der Waals surface area contributed by atoms with E-state index >= 15 is 0 Å². The normalized spacial score (nSPS) is 10.3. The number of hydrogen-bond acceptors (Lipinski definition) is 2. The van der Waals surface area contributed by atoms with E-state index in [4.69, 9.17) is 11.6 Å². The van der Waals surface area contributed by atoms with Crippen LogP contribution in [0.2, 0.25) is 5.02 Å². The first-order valence-electron chi connectivity index (χ1n) is 4.18. The molecule has 0 aliphatic carbocycles. The highest BCUT2D eigenvalue weighted by atomic mass is 35.5. The molecular weight excluding hydrogens is 219 g/mol. The van der Waals surface area contributed by atoms with Crippen molar-refractivity contribution < 1.29 is 4.39 Å². The number of rotatable bonds is 1. The van der Waals surface area contributed by atoms with E-state index in [-0.39, 0.29) is 5.02 Å². The molecule has 0 unspecified atom stereocenters. The lowest BCUT2D eigenvalue weighted by Crippen LogP contribution is -2.08. The Morgan fingerprint density at radius 3 is 2.73 bits per heavy atom. The van der Waals surface area contributed by atoms with Crippen LogP contribution < -0.4 is 5.56 Å². The number of benzene rings is 1. The number of halogens is 2. The van der Waals surface area contributed by atoms with E-state index in [1.54, 1.807) is 18.2 Å². The highest BCUT2D eigenvalue weighted by Crippen LogP contribution is 2.20. The minimum Gasteiger partial charge on any atom is -0.266 e. The molecule has 0 saturated heterocycles. The maximum absolute atomic E-state index is 13.3. The Morgan fingerprint density at radius 1 is 1.33 bits per heavy atom. The van der Waals surface area contributed by atoms with Crippen LogP contribution in [0, 0.1) is 5.82 Å². The summed E-state index contributed by atoms with van der Waals surface area (Å²) in [6.07, 6.45) is 0. The van der Waals surface area contributed by atoms with E-state index in [0.29, 0.717) is 11.3 Å². The van der Waals surface area contributed by atoms with Crippen LogP contribution in [0.3, 0.4) is 0 Å². The summed E-state index contributed by atoms with van der Waals surface area (Å²) in [5.41, 5.74) is 0.116. The lowest BCUT2D eigenvalue weighted by atomic mass is 10.1. The Bertz CT molecular complexity index is 553. The average Bonchev–Trinajstić information content (AvgIpc) is 2.23. The third-order valence-corrected chi connectivity index (χ3v) is 2.19. The van der Waals surface area contributed by atoms with Crippen LogP contribution in [0.5, 0.6) is 0 Å². The largest absolute Gasteiger partial charge is 0.282 e. The topological polar surface area (TPSA) is 45.8 Å². The third-order valence-electron chi connectivity index (χ3n) is 1.91. The highest BCUT2D eigenvalue weighted by Gasteiger charge is 2.07. The molecule has 0 atom stereocenters. The Hall–Kier alpha value is -1.68. The molecule has 2 aromatic rings. The quantitative estimate of drug-likeness (QED) is 0.808. The Balaban J connectivity index is 2.60. The van der Waals surface area contributed by atoms with E-state index < -0.39 is 11.4 Å². The SMILES string of the molecule is O=c1[nH]nc(-c2ccccc2F)cc1Cl. The number of hydrogen-bond donors (Lipinski definition) is 1. The van der Waals surface area contributed by atoms with Gasteiger partial charge in [-0.05, 0) is 18.2 Å². The molecule has 1 N–H and O–H groups in total. The van der Waals surface area contributed by atoms with Crippen LogP contribution in [0.4, 0.5) is 4.39 Å². The van der Waals surface area contributed by atoms with Gasteiger partial charge in [-0.15, -0.1) is 0 Å². The molecule has 0 aliphatic heterocycles. The fourth-order valence-electron chi connectivity index (χ4n) is 1.19. The molecule has 5 heteroatoms. The van der Waals surface area contributed by atoms with Gasteiger partial charge in [0.05, 0.1) is 5.69 Å². The molecular formula is C10H6ClFN2O. The van der Waals surface area contributed by atoms with E-state index in [0.717, 1.165) is 0 Å². The van der Waals surface area contributed by atoms with Crippen molar-refractivity contribution in [3.05, 3.63) is 51.5 Å². The number of nitrogens with one attached hydrogen (secondary N) is 1. The minimum atomic E-state index is -0.489. The smallest absolute Gasteiger partial charge is 0.266 e. The van der Waals surface area contributed by atoms with E-state index in [2.05, 4.69) is 10.2 Å². The molecule has 1 heterocycles. The molecule has 0 aliphatic rings. The number of aromatic nitrogens is 2. The third kappa shape index (κ3) is 1.89. The van der Waals surface area contributed by atoms with Crippen LogP contribution in [-0.4, -0.2) is 10.2 Å². The number of nitrogens with zero attached hydrogens (tertiary/aromatic N) is 1. The molecule has 0 amide bonds. The van der Waals surface area contributed by atoms with Crippen LogP contribution in [0.15, 0.2) is 35.1 Å². The molecule has 1 aromatic carbocycles. The first-order chi connectivity index (χ1) is 7.18. The summed E-state index contributed by atoms with van der Waals surface area (Å²) < 4.78 is 13.3. The molecule has 0 spiro atoms. The Kier molecular flexibility index (Phi) is 2.51. The van der Waals surface area contributed by atoms with E-state index in [1.807, 2.05) is 0 Å². The molecule has 3 nitrogen and oxygen atoms in total. The van der Waals surface area contributed by atoms with Crippen LogP contribution in [0.1, 0.15) is 0 Å². The van der Waals surface area contributed by atoms with Crippen molar-refractivity contribution in [3.63, 3.8) is 0 Å². The summed E-state index contributed by atoms with van der Waals surface area (Å²) in [5, 5.41) is 5.89. The van der Waals surface area contributed by atoms with Gasteiger partial charge in [0.25, 0.3) is 5.56 Å². The van der Waals surface area contributed by atoms with Gasteiger partial charge in [0, 0.05) is 5.56 Å². The fourth-order valence-corrected chi connectivity index (χ4v) is 1.33. The van der Waals surface area contributed by atoms with Gasteiger partial charge < -0.3 is 0 Å². The summed E-state index contributed by atoms with van der Waals surface area (Å²) in [6.45, 7) is 0. The van der Waals surface area contributed by atoms with E-state index in [9.17, 15) is 9.18 Å². The van der Waals surface area contributed by atoms with Crippen molar-refractivity contribution in [2.45, 2.75) is 0 Å². The van der Waals surface area contributed by atoms with Crippen molar-refractivity contribution in [3.8, 4) is 11.3 Å². The zero-order valence-corrected chi connectivity index (χ0v) is 8.25. The first-order valence-corrected chi connectivity index (χ1v) is 4.56. The number of aromatic amines is 1. The maximum atomic E-state index is 13.3. The van der Waals surface area contributed by atoms with E-state index in [1.165, 1.54) is 12.1 Å². The zero-order valence-electron chi connectivity index (χ0n) is 7.50. The lowest BCUT2D eigenvalue weighted by Gasteiger charge is -2.01. The van der Waals surface area contributed by atoms with Crippen molar-refractivity contribution in [2.24, 2.45) is 0 Å². The molecule has 2 rings (SSSR count). The summed E-state index contributed by atoms with van der Waals surface area (Å²) in [6, 6.07) is 7.46. The predicted molar refractivity (Wildman–Crippen MR) is 55.3 cm³/mol. The van der Waals surface area contributed by atoms with Gasteiger partial charge in [0.15, 0.2) is 0 Å². The van der Waals surface area contributed by atoms with Crippen LogP contribution in [-0.2, 0) is 0 Å². The van der Waals surface area contributed by atoms with Crippen molar-refractivity contribution in [1.82, 2.24) is 10.2 Å². The van der Waals surface area contributed by atoms with Gasteiger partial charge in [-0.1, -0.05) is 23.7 Å². The van der Waals surface area contributed by atoms with Gasteiger partial charge in [0.2, 0.25) is 0 Å². The minimum absolute atomic E-state index is 0.0109. The second kappa shape index (κ2) is 3.82. The second-order valence-electron chi connectivity index (χ2n) is 2.91. The average molecular weight is 225 g/mol. The van der Waals surface area contributed by atoms with Gasteiger partial charge in [-0.25, -0.2) is 9.49 Å². The molecule has 15 heavy (non-hydrogen) atoms. The predicted octanol–water partition coefficient (Wildman–Crippen LogP) is 2.23. The maximum Gasteiger partial charge on any atom is 0.282 e. The Morgan fingerprint density at radius 2 is 2.07 bits per heavy atom. The van der Waals surface area contributed by atoms with Crippen molar-refractivity contribution in [1.29, 1.82) is 0 Å². The monoisotopic (exact) mass is 224 g/mol. The van der Waals surface area contributed by atoms with Gasteiger partial charge >= 0.3 is 0 Å². The molecule has 0 fully saturated rings. The lowest BCUT2D eigenvalue weighted by molar-refractivity contribution is 0.630. The first kappa shape index (κ1) is 9.86. The second-order valence-corrected chi connectivity index (χ2v) is 3.32. The zero-order chi connectivity index (χ0) is 10.8. The summed E-state index contributed by atoms with van der Waals surface area (Å²) in [5.74, 6) is -0.409. The number of H-pyrrole nitrogens is 1. The van der Waals surface area contributed by atoms with Gasteiger partial charge in [-0.3, -0.25) is 4.79 Å². The van der Waals surface area contributed by atoms with Crippen molar-refractivity contribution in [2.75, 3.05) is 0 Å². The van der Waals surface area contributed by atoms with Gasteiger partial charge in [0.1, 0.15) is 10.8 Å². The van der Waals surface area contributed by atoms with Crippen molar-refractivity contribution >= 4 is 11.6 Å².